The van der Waals surface area contributed by atoms with E-state index in [4.69, 9.17) is 4.74 Å². The van der Waals surface area contributed by atoms with E-state index in [1.54, 1.807) is 12.1 Å². The van der Waals surface area contributed by atoms with Gasteiger partial charge in [-0.05, 0) is 31.0 Å². The molecule has 1 aromatic rings. The number of guanidine groups is 1. The van der Waals surface area contributed by atoms with Crippen molar-refractivity contribution in [2.45, 2.75) is 45.9 Å². The molecule has 1 aliphatic rings. The summed E-state index contributed by atoms with van der Waals surface area (Å²) in [5, 5.41) is 6.50. The minimum atomic E-state index is -2.93. The minimum absolute atomic E-state index is 0.0207. The second-order valence-electron chi connectivity index (χ2n) is 6.38. The first-order valence-corrected chi connectivity index (χ1v) is 9.41. The zero-order chi connectivity index (χ0) is 20.5. The highest BCUT2D eigenvalue weighted by atomic mass is 19.3. The molecule has 9 heteroatoms. The van der Waals surface area contributed by atoms with Crippen molar-refractivity contribution in [2.24, 2.45) is 4.99 Å². The first-order chi connectivity index (χ1) is 13.5. The number of methoxy groups -OCH3 is 1. The van der Waals surface area contributed by atoms with Crippen LogP contribution in [0.1, 0.15) is 32.3 Å². The second kappa shape index (κ2) is 10.7. The molecule has 0 aromatic heterocycles. The smallest absolute Gasteiger partial charge is 0.387 e. The monoisotopic (exact) mass is 398 g/mol. The normalized spacial score (nSPS) is 17.0. The summed E-state index contributed by atoms with van der Waals surface area (Å²) in [4.78, 5) is 18.2. The van der Waals surface area contributed by atoms with Gasteiger partial charge in [0, 0.05) is 32.1 Å². The molecule has 1 atom stereocenters. The second-order valence-corrected chi connectivity index (χ2v) is 6.38. The summed E-state index contributed by atoms with van der Waals surface area (Å²) in [5.41, 5.74) is 0.711. The summed E-state index contributed by atoms with van der Waals surface area (Å²) >= 11 is 0. The quantitative estimate of drug-likeness (QED) is 0.519. The standard InChI is InChI=1S/C19H28F2N4O3/c1-4-17(26)25-9-8-14(12-25)24-19(22-5-2)23-11-13-6-7-15(27-3)16(10-13)28-18(20)21/h6-7,10,14,18H,4-5,8-9,11-12H2,1-3H3,(H2,22,23,24). The maximum absolute atomic E-state index is 12.6. The van der Waals surface area contributed by atoms with E-state index in [1.165, 1.54) is 13.2 Å². The molecule has 1 saturated heterocycles. The highest BCUT2D eigenvalue weighted by Crippen LogP contribution is 2.29. The highest BCUT2D eigenvalue weighted by Gasteiger charge is 2.25. The third-order valence-corrected chi connectivity index (χ3v) is 4.39. The fourth-order valence-electron chi connectivity index (χ4n) is 3.02. The van der Waals surface area contributed by atoms with Crippen molar-refractivity contribution in [1.82, 2.24) is 15.5 Å². The number of hydrogen-bond donors (Lipinski definition) is 2. The van der Waals surface area contributed by atoms with Gasteiger partial charge in [0.2, 0.25) is 5.91 Å². The van der Waals surface area contributed by atoms with Gasteiger partial charge in [0.05, 0.1) is 13.7 Å². The van der Waals surface area contributed by atoms with E-state index >= 15 is 0 Å². The number of nitrogens with one attached hydrogen (secondary N) is 2. The van der Waals surface area contributed by atoms with Crippen molar-refractivity contribution in [2.75, 3.05) is 26.7 Å². The SMILES string of the molecule is CCNC(=NCc1ccc(OC)c(OC(F)F)c1)NC1CCN(C(=O)CC)C1. The van der Waals surface area contributed by atoms with Crippen LogP contribution in [0.15, 0.2) is 23.2 Å². The Kier molecular flexibility index (Phi) is 8.28. The first-order valence-electron chi connectivity index (χ1n) is 9.41. The van der Waals surface area contributed by atoms with E-state index in [0.29, 0.717) is 31.0 Å². The Labute approximate surface area is 164 Å². The topological polar surface area (TPSA) is 75.2 Å². The highest BCUT2D eigenvalue weighted by molar-refractivity contribution is 5.80. The molecule has 0 bridgehead atoms. The zero-order valence-corrected chi connectivity index (χ0v) is 16.5. The van der Waals surface area contributed by atoms with E-state index in [1.807, 2.05) is 18.7 Å². The molecule has 156 valence electrons. The van der Waals surface area contributed by atoms with Crippen LogP contribution in [0.5, 0.6) is 11.5 Å². The van der Waals surface area contributed by atoms with E-state index < -0.39 is 6.61 Å². The number of aliphatic imine (C=N–C) groups is 1. The lowest BCUT2D eigenvalue weighted by Gasteiger charge is -2.18. The number of carbonyl (C=O) groups excluding carboxylic acids is 1. The number of alkyl halides is 2. The average Bonchev–Trinajstić information content (AvgIpc) is 3.14. The fraction of sp³-hybridized carbons (Fsp3) is 0.579. The molecule has 0 aliphatic carbocycles. The maximum atomic E-state index is 12.6. The Morgan fingerprint density at radius 2 is 2.14 bits per heavy atom. The van der Waals surface area contributed by atoms with Crippen molar-refractivity contribution >= 4 is 11.9 Å². The molecule has 1 aliphatic heterocycles. The lowest BCUT2D eigenvalue weighted by Crippen LogP contribution is -2.45. The van der Waals surface area contributed by atoms with E-state index in [2.05, 4.69) is 20.4 Å². The number of ether oxygens (including phenoxy) is 2. The number of nitrogens with zero attached hydrogens (tertiary/aromatic N) is 2. The van der Waals surface area contributed by atoms with Crippen LogP contribution < -0.4 is 20.1 Å². The van der Waals surface area contributed by atoms with Crippen LogP contribution in [0.2, 0.25) is 0 Å². The third-order valence-electron chi connectivity index (χ3n) is 4.39. The van der Waals surface area contributed by atoms with Gasteiger partial charge in [0.15, 0.2) is 17.5 Å². The number of likely N-dealkylation sites (tertiary alicyclic amines) is 1. The van der Waals surface area contributed by atoms with E-state index in [-0.39, 0.29) is 30.0 Å². The molecule has 0 saturated carbocycles. The lowest BCUT2D eigenvalue weighted by molar-refractivity contribution is -0.129. The van der Waals surface area contributed by atoms with Crippen molar-refractivity contribution in [3.8, 4) is 11.5 Å². The molecule has 1 aromatic carbocycles. The van der Waals surface area contributed by atoms with Gasteiger partial charge in [-0.3, -0.25) is 4.79 Å². The Morgan fingerprint density at radius 3 is 2.79 bits per heavy atom. The number of rotatable bonds is 8. The molecule has 1 amide bonds. The van der Waals surface area contributed by atoms with Crippen molar-refractivity contribution in [1.29, 1.82) is 0 Å². The van der Waals surface area contributed by atoms with Crippen LogP contribution >= 0.6 is 0 Å². The summed E-state index contributed by atoms with van der Waals surface area (Å²) in [6.45, 7) is 3.23. The van der Waals surface area contributed by atoms with Gasteiger partial charge in [0.25, 0.3) is 0 Å². The predicted octanol–water partition coefficient (Wildman–Crippen LogP) is 2.36. The molecule has 2 rings (SSSR count). The Balaban J connectivity index is 2.03. The lowest BCUT2D eigenvalue weighted by atomic mass is 10.2. The maximum Gasteiger partial charge on any atom is 0.387 e. The number of hydrogen-bond acceptors (Lipinski definition) is 4. The Hall–Kier alpha value is -2.58. The van der Waals surface area contributed by atoms with Gasteiger partial charge in [-0.2, -0.15) is 8.78 Å². The fourth-order valence-corrected chi connectivity index (χ4v) is 3.02. The van der Waals surface area contributed by atoms with Crippen LogP contribution in [0, 0.1) is 0 Å². The third kappa shape index (κ3) is 6.24. The van der Waals surface area contributed by atoms with Gasteiger partial charge in [-0.25, -0.2) is 4.99 Å². The number of halogens is 2. The van der Waals surface area contributed by atoms with Crippen LogP contribution in [0.4, 0.5) is 8.78 Å². The summed E-state index contributed by atoms with van der Waals surface area (Å²) in [7, 11) is 1.40. The molecule has 1 heterocycles. The summed E-state index contributed by atoms with van der Waals surface area (Å²) < 4.78 is 34.7. The molecule has 1 fully saturated rings. The van der Waals surface area contributed by atoms with E-state index in [9.17, 15) is 13.6 Å². The first kappa shape index (κ1) is 21.7. The van der Waals surface area contributed by atoms with Crippen molar-refractivity contribution in [3.05, 3.63) is 23.8 Å². The number of amides is 1. The molecule has 0 spiro atoms. The average molecular weight is 398 g/mol. The van der Waals surface area contributed by atoms with Gasteiger partial charge in [-0.1, -0.05) is 13.0 Å². The Morgan fingerprint density at radius 1 is 1.36 bits per heavy atom. The molecule has 0 radical (unpaired) electrons. The predicted molar refractivity (Wildman–Crippen MR) is 103 cm³/mol. The molecular formula is C19H28F2N4O3. The van der Waals surface area contributed by atoms with Gasteiger partial charge >= 0.3 is 6.61 Å². The van der Waals surface area contributed by atoms with Gasteiger partial charge in [-0.15, -0.1) is 0 Å². The van der Waals surface area contributed by atoms with Crippen LogP contribution in [-0.4, -0.2) is 56.2 Å². The largest absolute Gasteiger partial charge is 0.493 e. The molecule has 1 unspecified atom stereocenters. The van der Waals surface area contributed by atoms with Gasteiger partial charge in [0.1, 0.15) is 0 Å². The molecule has 7 nitrogen and oxygen atoms in total. The summed E-state index contributed by atoms with van der Waals surface area (Å²) in [6, 6.07) is 4.95. The van der Waals surface area contributed by atoms with Crippen LogP contribution in [-0.2, 0) is 11.3 Å². The Bertz CT molecular complexity index is 685. The van der Waals surface area contributed by atoms with Crippen LogP contribution in [0.25, 0.3) is 0 Å². The molecular weight excluding hydrogens is 370 g/mol. The van der Waals surface area contributed by atoms with E-state index in [0.717, 1.165) is 13.0 Å². The zero-order valence-electron chi connectivity index (χ0n) is 16.5. The van der Waals surface area contributed by atoms with Gasteiger partial charge < -0.3 is 25.0 Å². The van der Waals surface area contributed by atoms with Crippen molar-refractivity contribution in [3.63, 3.8) is 0 Å². The van der Waals surface area contributed by atoms with Crippen LogP contribution in [0.3, 0.4) is 0 Å². The molecule has 2 N–H and O–H groups in total. The summed E-state index contributed by atoms with van der Waals surface area (Å²) in [6.07, 6.45) is 1.35. The minimum Gasteiger partial charge on any atom is -0.493 e. The number of benzene rings is 1. The number of carbonyl (C=O) groups is 1. The summed E-state index contributed by atoms with van der Waals surface area (Å²) in [5.74, 6) is 0.985. The molecule has 28 heavy (non-hydrogen) atoms. The van der Waals surface area contributed by atoms with Crippen molar-refractivity contribution < 1.29 is 23.0 Å².